The number of aryl methyl sites for hydroxylation is 1. The van der Waals surface area contributed by atoms with Crippen molar-refractivity contribution in [2.24, 2.45) is 5.41 Å². The first kappa shape index (κ1) is 10.6. The summed E-state index contributed by atoms with van der Waals surface area (Å²) >= 11 is 3.50. The van der Waals surface area contributed by atoms with E-state index in [2.05, 4.69) is 38.8 Å². The van der Waals surface area contributed by atoms with Gasteiger partial charge in [0.2, 0.25) is 0 Å². The van der Waals surface area contributed by atoms with Crippen molar-refractivity contribution in [2.45, 2.75) is 32.6 Å². The van der Waals surface area contributed by atoms with Crippen LogP contribution in [0.15, 0.2) is 16.7 Å². The number of anilines is 1. The molecule has 1 aliphatic carbocycles. The summed E-state index contributed by atoms with van der Waals surface area (Å²) in [5.74, 6) is 1.15. The minimum absolute atomic E-state index is 0.655. The fraction of sp³-hybridized carbons (Fsp3) is 0.615. The molecular formula is C13H17BrN2. The van der Waals surface area contributed by atoms with Crippen LogP contribution in [-0.4, -0.2) is 18.1 Å². The number of nitrogens with zero attached hydrogens (tertiary/aromatic N) is 2. The van der Waals surface area contributed by atoms with E-state index < -0.39 is 0 Å². The van der Waals surface area contributed by atoms with Crippen LogP contribution in [0.25, 0.3) is 0 Å². The summed E-state index contributed by atoms with van der Waals surface area (Å²) < 4.78 is 1.10. The quantitative estimate of drug-likeness (QED) is 0.782. The standard InChI is InChI=1S/C13H17BrN2/c1-10-6-12(15-7-11(10)14)16-8-13(9-16)4-2-3-5-13/h6-7H,2-5,8-9H2,1H3. The SMILES string of the molecule is Cc1cc(N2CC3(CCCC3)C2)ncc1Br. The maximum Gasteiger partial charge on any atom is 0.128 e. The fourth-order valence-electron chi connectivity index (χ4n) is 3.06. The lowest BCUT2D eigenvalue weighted by molar-refractivity contribution is 0.220. The lowest BCUT2D eigenvalue weighted by Gasteiger charge is -2.49. The van der Waals surface area contributed by atoms with Crippen LogP contribution in [0.2, 0.25) is 0 Å². The van der Waals surface area contributed by atoms with Gasteiger partial charge in [0, 0.05) is 29.2 Å². The van der Waals surface area contributed by atoms with Gasteiger partial charge in [0.1, 0.15) is 5.82 Å². The summed E-state index contributed by atoms with van der Waals surface area (Å²) in [6, 6.07) is 2.19. The summed E-state index contributed by atoms with van der Waals surface area (Å²) in [6.45, 7) is 4.57. The minimum Gasteiger partial charge on any atom is -0.355 e. The summed E-state index contributed by atoms with van der Waals surface area (Å²) in [5, 5.41) is 0. The van der Waals surface area contributed by atoms with E-state index >= 15 is 0 Å². The smallest absolute Gasteiger partial charge is 0.128 e. The van der Waals surface area contributed by atoms with Crippen molar-refractivity contribution in [3.63, 3.8) is 0 Å². The molecule has 3 heteroatoms. The van der Waals surface area contributed by atoms with Gasteiger partial charge in [0.25, 0.3) is 0 Å². The molecule has 86 valence electrons. The lowest BCUT2D eigenvalue weighted by atomic mass is 9.78. The Morgan fingerprint density at radius 3 is 2.62 bits per heavy atom. The van der Waals surface area contributed by atoms with Gasteiger partial charge < -0.3 is 4.90 Å². The Kier molecular flexibility index (Phi) is 2.46. The Labute approximate surface area is 105 Å². The molecule has 16 heavy (non-hydrogen) atoms. The van der Waals surface area contributed by atoms with Gasteiger partial charge in [0.15, 0.2) is 0 Å². The zero-order chi connectivity index (χ0) is 11.2. The molecule has 1 aliphatic heterocycles. The number of rotatable bonds is 1. The van der Waals surface area contributed by atoms with Gasteiger partial charge in [0.05, 0.1) is 0 Å². The van der Waals surface area contributed by atoms with Crippen LogP contribution in [0.3, 0.4) is 0 Å². The van der Waals surface area contributed by atoms with Gasteiger partial charge in [-0.15, -0.1) is 0 Å². The number of hydrogen-bond acceptors (Lipinski definition) is 2. The number of hydrogen-bond donors (Lipinski definition) is 0. The molecule has 2 nitrogen and oxygen atoms in total. The summed E-state index contributed by atoms with van der Waals surface area (Å²) in [5.41, 5.74) is 1.93. The highest BCUT2D eigenvalue weighted by molar-refractivity contribution is 9.10. The minimum atomic E-state index is 0.655. The van der Waals surface area contributed by atoms with Crippen LogP contribution in [0, 0.1) is 12.3 Å². The number of pyridine rings is 1. The molecule has 1 saturated carbocycles. The molecule has 0 bridgehead atoms. The molecule has 0 aromatic carbocycles. The van der Waals surface area contributed by atoms with Gasteiger partial charge in [-0.1, -0.05) is 12.8 Å². The normalized spacial score (nSPS) is 22.5. The summed E-state index contributed by atoms with van der Waals surface area (Å²) in [4.78, 5) is 6.92. The van der Waals surface area contributed by atoms with Gasteiger partial charge in [-0.25, -0.2) is 4.98 Å². The Morgan fingerprint density at radius 1 is 1.31 bits per heavy atom. The maximum atomic E-state index is 4.49. The Balaban J connectivity index is 1.73. The molecule has 1 aromatic rings. The molecule has 2 heterocycles. The second-order valence-corrected chi connectivity index (χ2v) is 6.21. The van der Waals surface area contributed by atoms with E-state index in [-0.39, 0.29) is 0 Å². The van der Waals surface area contributed by atoms with E-state index in [1.807, 2.05) is 6.20 Å². The van der Waals surface area contributed by atoms with Gasteiger partial charge in [-0.05, 0) is 47.3 Å². The van der Waals surface area contributed by atoms with Crippen molar-refractivity contribution in [3.8, 4) is 0 Å². The van der Waals surface area contributed by atoms with Crippen LogP contribution in [0.4, 0.5) is 5.82 Å². The molecule has 1 aromatic heterocycles. The van der Waals surface area contributed by atoms with Crippen molar-refractivity contribution >= 4 is 21.7 Å². The van der Waals surface area contributed by atoms with Crippen molar-refractivity contribution in [1.29, 1.82) is 0 Å². The third-order valence-electron chi connectivity index (χ3n) is 4.07. The molecule has 0 unspecified atom stereocenters. The molecule has 2 fully saturated rings. The van der Waals surface area contributed by atoms with E-state index in [1.54, 1.807) is 0 Å². The van der Waals surface area contributed by atoms with E-state index in [4.69, 9.17) is 0 Å². The second-order valence-electron chi connectivity index (χ2n) is 5.35. The van der Waals surface area contributed by atoms with E-state index in [1.165, 1.54) is 44.3 Å². The van der Waals surface area contributed by atoms with Crippen LogP contribution in [0.5, 0.6) is 0 Å². The Bertz CT molecular complexity index is 402. The largest absolute Gasteiger partial charge is 0.355 e. The van der Waals surface area contributed by atoms with Crippen molar-refractivity contribution in [1.82, 2.24) is 4.98 Å². The monoisotopic (exact) mass is 280 g/mol. The average Bonchev–Trinajstić information content (AvgIpc) is 2.69. The molecule has 0 atom stereocenters. The highest BCUT2D eigenvalue weighted by atomic mass is 79.9. The highest BCUT2D eigenvalue weighted by Crippen LogP contribution is 2.46. The van der Waals surface area contributed by atoms with Crippen LogP contribution >= 0.6 is 15.9 Å². The Morgan fingerprint density at radius 2 is 2.00 bits per heavy atom. The molecule has 0 radical (unpaired) electrons. The molecule has 0 N–H and O–H groups in total. The van der Waals surface area contributed by atoms with E-state index in [0.29, 0.717) is 5.41 Å². The zero-order valence-corrected chi connectivity index (χ0v) is 11.3. The average molecular weight is 281 g/mol. The van der Waals surface area contributed by atoms with E-state index in [9.17, 15) is 0 Å². The fourth-order valence-corrected chi connectivity index (χ4v) is 3.28. The van der Waals surface area contributed by atoms with Gasteiger partial charge in [-0.2, -0.15) is 0 Å². The third-order valence-corrected chi connectivity index (χ3v) is 4.90. The molecule has 1 spiro atoms. The highest BCUT2D eigenvalue weighted by Gasteiger charge is 2.45. The summed E-state index contributed by atoms with van der Waals surface area (Å²) in [7, 11) is 0. The van der Waals surface area contributed by atoms with Gasteiger partial charge in [-0.3, -0.25) is 0 Å². The number of aromatic nitrogens is 1. The molecule has 3 rings (SSSR count). The Hall–Kier alpha value is -0.570. The van der Waals surface area contributed by atoms with Crippen molar-refractivity contribution in [2.75, 3.05) is 18.0 Å². The van der Waals surface area contributed by atoms with Crippen LogP contribution < -0.4 is 4.90 Å². The predicted molar refractivity (Wildman–Crippen MR) is 69.8 cm³/mol. The lowest BCUT2D eigenvalue weighted by Crippen LogP contribution is -2.55. The van der Waals surface area contributed by atoms with Crippen LogP contribution in [-0.2, 0) is 0 Å². The van der Waals surface area contributed by atoms with Crippen molar-refractivity contribution < 1.29 is 0 Å². The molecular weight excluding hydrogens is 264 g/mol. The third kappa shape index (κ3) is 1.65. The number of halogens is 1. The van der Waals surface area contributed by atoms with Crippen molar-refractivity contribution in [3.05, 3.63) is 22.3 Å². The zero-order valence-electron chi connectivity index (χ0n) is 9.67. The summed E-state index contributed by atoms with van der Waals surface area (Å²) in [6.07, 6.45) is 7.64. The first-order valence-electron chi connectivity index (χ1n) is 6.06. The first-order chi connectivity index (χ1) is 7.69. The van der Waals surface area contributed by atoms with Crippen LogP contribution in [0.1, 0.15) is 31.2 Å². The molecule has 0 amide bonds. The first-order valence-corrected chi connectivity index (χ1v) is 6.85. The molecule has 1 saturated heterocycles. The maximum absolute atomic E-state index is 4.49. The second kappa shape index (κ2) is 3.73. The topological polar surface area (TPSA) is 16.1 Å². The van der Waals surface area contributed by atoms with E-state index in [0.717, 1.165) is 10.3 Å². The predicted octanol–water partition coefficient (Wildman–Crippen LogP) is 3.53. The molecule has 2 aliphatic rings. The van der Waals surface area contributed by atoms with Gasteiger partial charge >= 0.3 is 0 Å².